The van der Waals surface area contributed by atoms with Crippen LogP contribution in [0.25, 0.3) is 0 Å². The van der Waals surface area contributed by atoms with Gasteiger partial charge in [0.1, 0.15) is 19.3 Å². The summed E-state index contributed by atoms with van der Waals surface area (Å²) < 4.78 is 68.8. The zero-order chi connectivity index (χ0) is 76.0. The Labute approximate surface area is 632 Å². The maximum Gasteiger partial charge on any atom is 0.472 e. The van der Waals surface area contributed by atoms with Crippen molar-refractivity contribution in [3.05, 3.63) is 0 Å². The first-order chi connectivity index (χ1) is 49.7. The largest absolute Gasteiger partial charge is 0.472 e. The lowest BCUT2D eigenvalue weighted by atomic mass is 9.99. The number of carbonyl (C=O) groups is 4. The van der Waals surface area contributed by atoms with E-state index in [1.165, 1.54) is 238 Å². The number of ether oxygens (including phenoxy) is 4. The molecule has 7 atom stereocenters. The minimum Gasteiger partial charge on any atom is -0.462 e. The number of unbranched alkanes of at least 4 members (excludes halogenated alkanes) is 45. The Hall–Kier alpha value is -1.94. The van der Waals surface area contributed by atoms with E-state index in [1.807, 2.05) is 0 Å². The van der Waals surface area contributed by atoms with E-state index in [0.717, 1.165) is 114 Å². The molecule has 0 heterocycles. The van der Waals surface area contributed by atoms with Gasteiger partial charge in [0.05, 0.1) is 26.4 Å². The van der Waals surface area contributed by atoms with Crippen molar-refractivity contribution >= 4 is 39.5 Å². The fraction of sp³-hybridized carbons (Fsp3) is 0.952. The molecule has 19 heteroatoms. The second kappa shape index (κ2) is 72.9. The van der Waals surface area contributed by atoms with Crippen LogP contribution in [0.15, 0.2) is 0 Å². The van der Waals surface area contributed by atoms with Crippen LogP contribution in [0.2, 0.25) is 0 Å². The minimum atomic E-state index is -4.97. The summed E-state index contributed by atoms with van der Waals surface area (Å²) in [7, 11) is -9.93. The number of aliphatic hydroxyl groups is 1. The average Bonchev–Trinajstić information content (AvgIpc) is 0.919. The normalized spacial score (nSPS) is 14.5. The van der Waals surface area contributed by atoms with Crippen LogP contribution in [-0.4, -0.2) is 96.7 Å². The van der Waals surface area contributed by atoms with E-state index in [-0.39, 0.29) is 25.7 Å². The molecule has 0 spiro atoms. The number of rotatable bonds is 81. The highest BCUT2D eigenvalue weighted by Crippen LogP contribution is 2.45. The first kappa shape index (κ1) is 101. The predicted octanol–water partition coefficient (Wildman–Crippen LogP) is 25.2. The summed E-state index contributed by atoms with van der Waals surface area (Å²) in [6.45, 7) is 14.3. The van der Waals surface area contributed by atoms with Crippen molar-refractivity contribution in [2.45, 2.75) is 453 Å². The summed E-state index contributed by atoms with van der Waals surface area (Å²) in [5.74, 6) is 1.08. The van der Waals surface area contributed by atoms with Gasteiger partial charge < -0.3 is 33.8 Å². The number of hydrogen-bond donors (Lipinski definition) is 3. The van der Waals surface area contributed by atoms with Gasteiger partial charge in [-0.05, 0) is 49.4 Å². The molecule has 3 N–H and O–H groups in total. The van der Waals surface area contributed by atoms with Crippen LogP contribution < -0.4 is 0 Å². The van der Waals surface area contributed by atoms with Gasteiger partial charge in [-0.3, -0.25) is 37.3 Å². The van der Waals surface area contributed by atoms with Gasteiger partial charge in [-0.25, -0.2) is 9.13 Å². The SMILES string of the molecule is CCC(C)CCCCCCCCCCCCCCCCCCCCC(=O)O[C@H](COC(=O)CCCCCCCCCCCCCCCC(C)C)COP(=O)(O)OC[C@@H](O)COP(=O)(O)OC[C@@H](COC(=O)CCCCCCCCCCC(C)C)OC(=O)CCCCCCCCCCCCC(C)CC. The highest BCUT2D eigenvalue weighted by atomic mass is 31.2. The van der Waals surface area contributed by atoms with E-state index in [4.69, 9.17) is 37.0 Å². The molecular weight excluding hydrogens is 1340 g/mol. The third kappa shape index (κ3) is 75.3. The van der Waals surface area contributed by atoms with Crippen molar-refractivity contribution in [3.63, 3.8) is 0 Å². The summed E-state index contributed by atoms with van der Waals surface area (Å²) in [4.78, 5) is 73.1. The Morgan fingerprint density at radius 3 is 0.689 bits per heavy atom. The molecule has 0 saturated heterocycles. The average molecular weight is 1510 g/mol. The van der Waals surface area contributed by atoms with Crippen molar-refractivity contribution in [2.75, 3.05) is 39.6 Å². The molecule has 17 nitrogen and oxygen atoms in total. The fourth-order valence-electron chi connectivity index (χ4n) is 12.9. The zero-order valence-corrected chi connectivity index (χ0v) is 69.7. The molecular formula is C84H164O17P2. The van der Waals surface area contributed by atoms with Crippen LogP contribution in [0, 0.1) is 23.7 Å². The predicted molar refractivity (Wildman–Crippen MR) is 423 cm³/mol. The molecule has 0 aliphatic heterocycles. The van der Waals surface area contributed by atoms with Gasteiger partial charge in [-0.1, -0.05) is 383 Å². The van der Waals surface area contributed by atoms with E-state index in [9.17, 15) is 43.2 Å². The Balaban J connectivity index is 5.24. The maximum atomic E-state index is 13.1. The number of aliphatic hydroxyl groups excluding tert-OH is 1. The molecule has 612 valence electrons. The summed E-state index contributed by atoms with van der Waals surface area (Å²) in [6, 6.07) is 0. The Bertz CT molecular complexity index is 2010. The smallest absolute Gasteiger partial charge is 0.462 e. The molecule has 0 bridgehead atoms. The van der Waals surface area contributed by atoms with E-state index < -0.39 is 97.5 Å². The molecule has 0 saturated carbocycles. The van der Waals surface area contributed by atoms with Crippen molar-refractivity contribution in [1.82, 2.24) is 0 Å². The molecule has 4 unspecified atom stereocenters. The molecule has 0 aliphatic carbocycles. The minimum absolute atomic E-state index is 0.106. The zero-order valence-electron chi connectivity index (χ0n) is 68.0. The van der Waals surface area contributed by atoms with Crippen molar-refractivity contribution in [3.8, 4) is 0 Å². The van der Waals surface area contributed by atoms with Crippen LogP contribution in [0.3, 0.4) is 0 Å². The number of phosphoric ester groups is 2. The van der Waals surface area contributed by atoms with Crippen LogP contribution in [0.1, 0.15) is 434 Å². The molecule has 103 heavy (non-hydrogen) atoms. The standard InChI is InChI=1S/C84H164O17P2/c1-9-76(7)62-54-46-38-29-23-19-15-13-11-12-14-16-20-25-32-42-50-58-66-83(88)100-79(70-94-81(86)64-56-48-40-31-24-21-17-18-22-28-36-44-52-60-74(3)4)72-98-102(90,91)96-68-78(85)69-97-103(92,93)99-73-80(71-95-82(87)65-57-49-41-35-34-37-45-53-61-75(5)6)101-84(89)67-59-51-43-33-27-26-30-39-47-55-63-77(8)10-2/h74-80,85H,9-73H2,1-8H3,(H,90,91)(H,92,93)/t76?,77?,78-,79-,80-/m1/s1. The first-order valence-corrected chi connectivity index (χ1v) is 46.3. The number of hydrogen-bond acceptors (Lipinski definition) is 15. The number of esters is 4. The molecule has 0 aliphatic rings. The van der Waals surface area contributed by atoms with Gasteiger partial charge >= 0.3 is 39.5 Å². The van der Waals surface area contributed by atoms with Crippen molar-refractivity contribution in [2.24, 2.45) is 23.7 Å². The molecule has 0 radical (unpaired) electrons. The van der Waals surface area contributed by atoms with Crippen LogP contribution >= 0.6 is 15.6 Å². The number of carbonyl (C=O) groups excluding carboxylic acids is 4. The van der Waals surface area contributed by atoms with Gasteiger partial charge in [0, 0.05) is 25.7 Å². The Morgan fingerprint density at radius 2 is 0.466 bits per heavy atom. The van der Waals surface area contributed by atoms with E-state index in [2.05, 4.69) is 55.4 Å². The van der Waals surface area contributed by atoms with Gasteiger partial charge in [-0.15, -0.1) is 0 Å². The molecule has 0 rings (SSSR count). The third-order valence-corrected chi connectivity index (χ3v) is 22.2. The first-order valence-electron chi connectivity index (χ1n) is 43.3. The second-order valence-corrected chi connectivity index (χ2v) is 34.6. The topological polar surface area (TPSA) is 237 Å². The van der Waals surface area contributed by atoms with Crippen LogP contribution in [0.4, 0.5) is 0 Å². The summed E-state index contributed by atoms with van der Waals surface area (Å²) >= 11 is 0. The Kier molecular flexibility index (Phi) is 71.5. The fourth-order valence-corrected chi connectivity index (χ4v) is 14.5. The maximum absolute atomic E-state index is 13.1. The summed E-state index contributed by atoms with van der Waals surface area (Å²) in [6.07, 6.45) is 61.0. The lowest BCUT2D eigenvalue weighted by Gasteiger charge is -2.21. The molecule has 0 aromatic carbocycles. The highest BCUT2D eigenvalue weighted by molar-refractivity contribution is 7.47. The highest BCUT2D eigenvalue weighted by Gasteiger charge is 2.30. The van der Waals surface area contributed by atoms with E-state index >= 15 is 0 Å². The Morgan fingerprint density at radius 1 is 0.272 bits per heavy atom. The van der Waals surface area contributed by atoms with Gasteiger partial charge in [0.2, 0.25) is 0 Å². The molecule has 0 fully saturated rings. The van der Waals surface area contributed by atoms with E-state index in [1.54, 1.807) is 0 Å². The lowest BCUT2D eigenvalue weighted by Crippen LogP contribution is -2.30. The molecule has 0 aromatic heterocycles. The van der Waals surface area contributed by atoms with Gasteiger partial charge in [-0.2, -0.15) is 0 Å². The van der Waals surface area contributed by atoms with Gasteiger partial charge in [0.15, 0.2) is 12.2 Å². The monoisotopic (exact) mass is 1510 g/mol. The van der Waals surface area contributed by atoms with Crippen LogP contribution in [-0.2, 0) is 65.4 Å². The molecule has 0 aromatic rings. The van der Waals surface area contributed by atoms with Gasteiger partial charge in [0.25, 0.3) is 0 Å². The second-order valence-electron chi connectivity index (χ2n) is 31.7. The summed E-state index contributed by atoms with van der Waals surface area (Å²) in [5, 5.41) is 10.7. The van der Waals surface area contributed by atoms with Crippen LogP contribution in [0.5, 0.6) is 0 Å². The third-order valence-electron chi connectivity index (χ3n) is 20.3. The van der Waals surface area contributed by atoms with E-state index in [0.29, 0.717) is 25.7 Å². The lowest BCUT2D eigenvalue weighted by molar-refractivity contribution is -0.161. The van der Waals surface area contributed by atoms with Crippen molar-refractivity contribution < 1.29 is 80.2 Å². The number of phosphoric acid groups is 2. The molecule has 0 amide bonds. The quantitative estimate of drug-likeness (QED) is 0.0222. The summed E-state index contributed by atoms with van der Waals surface area (Å²) in [5.41, 5.74) is 0. The van der Waals surface area contributed by atoms with Crippen molar-refractivity contribution in [1.29, 1.82) is 0 Å².